The molecule has 0 aliphatic carbocycles. The van der Waals surface area contributed by atoms with Crippen LogP contribution in [-0.4, -0.2) is 24.4 Å². The average molecular weight is 147 g/mol. The van der Waals surface area contributed by atoms with Crippen LogP contribution in [0.1, 0.15) is 19.3 Å². The Hall–Kier alpha value is 0.310. The number of nitrogens with one attached hydrogen (secondary N) is 1. The first-order valence-electron chi connectivity index (χ1n) is 3.70. The fraction of sp³-hybridized carbons (Fsp3) is 1.00. The second-order valence-corrected chi connectivity index (χ2v) is 5.48. The quantitative estimate of drug-likeness (QED) is 0.533. The van der Waals surface area contributed by atoms with Gasteiger partial charge in [0.1, 0.15) is 0 Å². The van der Waals surface area contributed by atoms with E-state index in [1.807, 2.05) is 0 Å². The first-order chi connectivity index (χ1) is 4.30. The third-order valence-electron chi connectivity index (χ3n) is 1.91. The van der Waals surface area contributed by atoms with E-state index in [9.17, 15) is 0 Å². The van der Waals surface area contributed by atoms with Gasteiger partial charge in [0.05, 0.1) is 0 Å². The van der Waals surface area contributed by atoms with Crippen LogP contribution in [-0.2, 0) is 0 Å². The summed E-state index contributed by atoms with van der Waals surface area (Å²) in [5, 5.41) is 4.42. The highest BCUT2D eigenvalue weighted by Gasteiger charge is 2.12. The van der Waals surface area contributed by atoms with Crippen LogP contribution in [0.25, 0.3) is 0 Å². The molecule has 1 aliphatic heterocycles. The number of thiol groups is 1. The smallest absolute Gasteiger partial charge is 0.0348 e. The Bertz CT molecular complexity index is 77.0. The summed E-state index contributed by atoms with van der Waals surface area (Å²) in [5.41, 5.74) is 0. The van der Waals surface area contributed by atoms with Gasteiger partial charge in [-0.2, -0.15) is 0 Å². The van der Waals surface area contributed by atoms with Gasteiger partial charge in [-0.1, -0.05) is 0 Å². The summed E-state index contributed by atoms with van der Waals surface area (Å²) in [7, 11) is 0.270. The summed E-state index contributed by atoms with van der Waals surface area (Å²) in [6, 6.07) is 0. The van der Waals surface area contributed by atoms with Crippen molar-refractivity contribution in [2.45, 2.75) is 24.6 Å². The zero-order chi connectivity index (χ0) is 6.69. The van der Waals surface area contributed by atoms with Crippen molar-refractivity contribution in [1.29, 1.82) is 0 Å². The second kappa shape index (κ2) is 3.47. The lowest BCUT2D eigenvalue weighted by Gasteiger charge is -2.28. The number of rotatable bonds is 1. The molecular weight excluding hydrogens is 130 g/mol. The number of piperidine rings is 1. The summed E-state index contributed by atoms with van der Waals surface area (Å²) in [5.74, 6) is 0. The maximum absolute atomic E-state index is 3.55. The van der Waals surface area contributed by atoms with E-state index in [-0.39, 0.29) is 10.9 Å². The molecule has 1 atom stereocenters. The Labute approximate surface area is 60.6 Å². The van der Waals surface area contributed by atoms with Crippen molar-refractivity contribution in [3.05, 3.63) is 0 Å². The Morgan fingerprint density at radius 2 is 2.11 bits per heavy atom. The first-order valence-corrected chi connectivity index (χ1v) is 6.01. The molecule has 0 unspecified atom stereocenters. The third kappa shape index (κ3) is 2.18. The van der Waals surface area contributed by atoms with Crippen molar-refractivity contribution in [2.75, 3.05) is 19.1 Å². The summed E-state index contributed by atoms with van der Waals surface area (Å²) in [6.45, 7) is 1.26. The van der Waals surface area contributed by atoms with Gasteiger partial charge in [-0.05, 0) is 38.3 Å². The molecule has 1 heterocycles. The molecule has 0 spiro atoms. The molecule has 0 aromatic rings. The zero-order valence-corrected chi connectivity index (χ0v) is 7.25. The van der Waals surface area contributed by atoms with Crippen molar-refractivity contribution in [3.8, 4) is 0 Å². The van der Waals surface area contributed by atoms with E-state index in [0.29, 0.717) is 0 Å². The molecule has 0 aromatic carbocycles. The Morgan fingerprint density at radius 1 is 1.33 bits per heavy atom. The molecule has 56 valence electrons. The minimum absolute atomic E-state index is 0.270. The van der Waals surface area contributed by atoms with Gasteiger partial charge in [0.15, 0.2) is 0 Å². The van der Waals surface area contributed by atoms with Crippen molar-refractivity contribution < 1.29 is 0 Å². The summed E-state index contributed by atoms with van der Waals surface area (Å²) in [4.78, 5) is 0. The van der Waals surface area contributed by atoms with Gasteiger partial charge in [-0.3, -0.25) is 0 Å². The highest BCUT2D eigenvalue weighted by Crippen LogP contribution is 2.26. The molecule has 1 nitrogen and oxygen atoms in total. The first kappa shape index (κ1) is 7.42. The molecule has 0 saturated carbocycles. The molecule has 1 aliphatic rings. The predicted molar refractivity (Wildman–Crippen MR) is 46.5 cm³/mol. The maximum atomic E-state index is 3.55. The van der Waals surface area contributed by atoms with Crippen LogP contribution in [0.3, 0.4) is 0 Å². The van der Waals surface area contributed by atoms with E-state index >= 15 is 0 Å². The Balaban J connectivity index is 2.23. The normalized spacial score (nSPS) is 30.0. The molecule has 2 heteroatoms. The molecule has 1 rings (SSSR count). The maximum Gasteiger partial charge on any atom is 0.0348 e. The number of hydrogen-bond acceptors (Lipinski definition) is 1. The standard InChI is InChI=1S/C7H17NS/c1-9(2)7-5-3-4-6-8-7/h7-9H,3-6H2,1-2H3/t7-/m1/s1. The van der Waals surface area contributed by atoms with E-state index in [2.05, 4.69) is 17.8 Å². The largest absolute Gasteiger partial charge is 0.307 e. The van der Waals surface area contributed by atoms with Crippen molar-refractivity contribution in [1.82, 2.24) is 5.32 Å². The molecule has 1 saturated heterocycles. The summed E-state index contributed by atoms with van der Waals surface area (Å²) < 4.78 is 0. The molecule has 0 radical (unpaired) electrons. The molecule has 9 heavy (non-hydrogen) atoms. The molecule has 1 fully saturated rings. The Kier molecular flexibility index (Phi) is 2.86. The number of hydrogen-bond donors (Lipinski definition) is 2. The van der Waals surface area contributed by atoms with Gasteiger partial charge in [0.2, 0.25) is 0 Å². The van der Waals surface area contributed by atoms with E-state index < -0.39 is 0 Å². The van der Waals surface area contributed by atoms with Gasteiger partial charge < -0.3 is 5.32 Å². The lowest BCUT2D eigenvalue weighted by atomic mass is 10.2. The molecule has 0 aromatic heterocycles. The average Bonchev–Trinajstić information content (AvgIpc) is 1.90. The fourth-order valence-electron chi connectivity index (χ4n) is 1.27. The minimum atomic E-state index is 0.270. The summed E-state index contributed by atoms with van der Waals surface area (Å²) in [6.07, 6.45) is 8.97. The van der Waals surface area contributed by atoms with Gasteiger partial charge in [0, 0.05) is 5.37 Å². The highest BCUT2D eigenvalue weighted by molar-refractivity contribution is 8.16. The molecule has 1 N–H and O–H groups in total. The zero-order valence-electron chi connectivity index (χ0n) is 6.35. The topological polar surface area (TPSA) is 12.0 Å². The van der Waals surface area contributed by atoms with Crippen molar-refractivity contribution >= 4 is 10.9 Å². The third-order valence-corrected chi connectivity index (χ3v) is 3.60. The van der Waals surface area contributed by atoms with Gasteiger partial charge in [-0.25, -0.2) is 10.9 Å². The molecule has 0 amide bonds. The van der Waals surface area contributed by atoms with Crippen LogP contribution in [0.5, 0.6) is 0 Å². The van der Waals surface area contributed by atoms with Crippen molar-refractivity contribution in [2.24, 2.45) is 0 Å². The summed E-state index contributed by atoms with van der Waals surface area (Å²) >= 11 is 0. The van der Waals surface area contributed by atoms with Gasteiger partial charge in [-0.15, -0.1) is 0 Å². The van der Waals surface area contributed by atoms with Gasteiger partial charge in [0.25, 0.3) is 0 Å². The predicted octanol–water partition coefficient (Wildman–Crippen LogP) is 1.35. The van der Waals surface area contributed by atoms with Gasteiger partial charge >= 0.3 is 0 Å². The Morgan fingerprint density at radius 3 is 2.44 bits per heavy atom. The van der Waals surface area contributed by atoms with E-state index in [0.717, 1.165) is 5.37 Å². The van der Waals surface area contributed by atoms with Crippen LogP contribution in [0, 0.1) is 0 Å². The van der Waals surface area contributed by atoms with Crippen molar-refractivity contribution in [3.63, 3.8) is 0 Å². The van der Waals surface area contributed by atoms with E-state index in [4.69, 9.17) is 0 Å². The van der Waals surface area contributed by atoms with Crippen LogP contribution in [0.15, 0.2) is 0 Å². The fourth-order valence-corrected chi connectivity index (χ4v) is 2.47. The van der Waals surface area contributed by atoms with Crippen LogP contribution in [0.2, 0.25) is 0 Å². The van der Waals surface area contributed by atoms with E-state index in [1.54, 1.807) is 0 Å². The van der Waals surface area contributed by atoms with E-state index in [1.165, 1.54) is 25.8 Å². The minimum Gasteiger partial charge on any atom is -0.307 e. The SMILES string of the molecule is C[SH](C)[C@@H]1CCCCN1. The van der Waals surface area contributed by atoms with Crippen LogP contribution < -0.4 is 5.32 Å². The lowest BCUT2D eigenvalue weighted by Crippen LogP contribution is -2.33. The monoisotopic (exact) mass is 147 g/mol. The molecule has 0 bridgehead atoms. The highest BCUT2D eigenvalue weighted by atomic mass is 32.2. The second-order valence-electron chi connectivity index (χ2n) is 2.93. The lowest BCUT2D eigenvalue weighted by molar-refractivity contribution is 0.490. The molecular formula is C7H17NS. The van der Waals surface area contributed by atoms with Crippen LogP contribution >= 0.6 is 10.9 Å². The van der Waals surface area contributed by atoms with Crippen LogP contribution in [0.4, 0.5) is 0 Å².